The van der Waals surface area contributed by atoms with Crippen LogP contribution in [0.1, 0.15) is 13.8 Å². The number of hydrogen-bond acceptors (Lipinski definition) is 5. The second kappa shape index (κ2) is 9.16. The maximum Gasteiger partial charge on any atom is 0.321 e. The Morgan fingerprint density at radius 1 is 1.11 bits per heavy atom. The van der Waals surface area contributed by atoms with Crippen molar-refractivity contribution in [3.63, 3.8) is 0 Å². The Morgan fingerprint density at radius 3 is 2.54 bits per heavy atom. The molecule has 3 rings (SSSR count). The van der Waals surface area contributed by atoms with E-state index < -0.39 is 11.3 Å². The maximum atomic E-state index is 12.3. The molecule has 1 unspecified atom stereocenters. The summed E-state index contributed by atoms with van der Waals surface area (Å²) in [5.74, 6) is 0.217. The van der Waals surface area contributed by atoms with Crippen molar-refractivity contribution in [2.75, 3.05) is 6.54 Å². The Kier molecular flexibility index (Phi) is 6.64. The van der Waals surface area contributed by atoms with Gasteiger partial charge in [-0.3, -0.25) is 10.1 Å². The Morgan fingerprint density at radius 2 is 1.82 bits per heavy atom. The van der Waals surface area contributed by atoms with Crippen LogP contribution in [-0.2, 0) is 4.79 Å². The molecule has 28 heavy (non-hydrogen) atoms. The highest BCUT2D eigenvalue weighted by Crippen LogP contribution is 2.31. The number of nitrogens with one attached hydrogen (secondary N) is 2. The molecule has 2 N–H and O–H groups in total. The van der Waals surface area contributed by atoms with Crippen molar-refractivity contribution in [2.24, 2.45) is 0 Å². The van der Waals surface area contributed by atoms with Crippen LogP contribution in [0.15, 0.2) is 58.0 Å². The number of carbonyl (C=O) groups is 2. The number of rotatable bonds is 5. The molecule has 2 aromatic carbocycles. The average Bonchev–Trinajstić information content (AvgIpc) is 2.68. The van der Waals surface area contributed by atoms with Gasteiger partial charge in [0, 0.05) is 22.0 Å². The summed E-state index contributed by atoms with van der Waals surface area (Å²) in [5, 5.41) is 5.96. The van der Waals surface area contributed by atoms with E-state index in [0.29, 0.717) is 17.4 Å². The smallest absolute Gasteiger partial charge is 0.321 e. The van der Waals surface area contributed by atoms with Crippen LogP contribution in [0.3, 0.4) is 0 Å². The number of aromatic nitrogens is 2. The minimum Gasteiger partial charge on any atom is -0.338 e. The Balaban J connectivity index is 1.92. The van der Waals surface area contributed by atoms with Gasteiger partial charge < -0.3 is 5.32 Å². The summed E-state index contributed by atoms with van der Waals surface area (Å²) in [7, 11) is 0. The minimum absolute atomic E-state index is 0.371. The molecular formula is C20H19BrN4O2S. The van der Waals surface area contributed by atoms with Crippen molar-refractivity contribution < 1.29 is 9.59 Å². The van der Waals surface area contributed by atoms with Crippen LogP contribution >= 0.6 is 27.7 Å². The van der Waals surface area contributed by atoms with Crippen LogP contribution in [0.2, 0.25) is 0 Å². The van der Waals surface area contributed by atoms with Gasteiger partial charge in [0.15, 0.2) is 5.82 Å². The molecule has 144 valence electrons. The van der Waals surface area contributed by atoms with E-state index in [4.69, 9.17) is 4.98 Å². The van der Waals surface area contributed by atoms with E-state index in [1.54, 1.807) is 13.8 Å². The van der Waals surface area contributed by atoms with E-state index >= 15 is 0 Å². The fourth-order valence-electron chi connectivity index (χ4n) is 2.50. The first kappa shape index (κ1) is 20.3. The highest BCUT2D eigenvalue weighted by molar-refractivity contribution is 9.10. The van der Waals surface area contributed by atoms with Gasteiger partial charge in [0.2, 0.25) is 5.91 Å². The number of fused-ring (bicyclic) bond motifs is 1. The van der Waals surface area contributed by atoms with Gasteiger partial charge in [0.05, 0.1) is 10.8 Å². The number of urea groups is 1. The molecule has 0 spiro atoms. The number of thioether (sulfide) groups is 1. The molecule has 1 atom stereocenters. The van der Waals surface area contributed by atoms with Crippen LogP contribution < -0.4 is 10.6 Å². The van der Waals surface area contributed by atoms with Gasteiger partial charge in [-0.25, -0.2) is 14.8 Å². The normalized spacial score (nSPS) is 11.8. The number of imide groups is 1. The lowest BCUT2D eigenvalue weighted by molar-refractivity contribution is -0.119. The van der Waals surface area contributed by atoms with Gasteiger partial charge in [-0.2, -0.15) is 0 Å². The Bertz CT molecular complexity index is 1010. The molecule has 3 amide bonds. The monoisotopic (exact) mass is 458 g/mol. The van der Waals surface area contributed by atoms with E-state index in [0.717, 1.165) is 20.9 Å². The molecule has 1 heterocycles. The molecule has 0 fully saturated rings. The summed E-state index contributed by atoms with van der Waals surface area (Å²) < 4.78 is 0.974. The van der Waals surface area contributed by atoms with Crippen molar-refractivity contribution >= 4 is 50.5 Å². The van der Waals surface area contributed by atoms with Gasteiger partial charge in [0.25, 0.3) is 0 Å². The SMILES string of the molecule is CCNC(=O)NC(=O)C(C)Sc1nc(-c2ccc(Br)cc2)nc2ccccc12. The molecule has 1 aromatic heterocycles. The second-order valence-electron chi connectivity index (χ2n) is 5.99. The number of carbonyl (C=O) groups excluding carboxylic acids is 2. The van der Waals surface area contributed by atoms with E-state index in [2.05, 4.69) is 31.5 Å². The van der Waals surface area contributed by atoms with Crippen LogP contribution in [0.25, 0.3) is 22.3 Å². The molecule has 0 saturated carbocycles. The molecule has 3 aromatic rings. The van der Waals surface area contributed by atoms with Crippen LogP contribution in [-0.4, -0.2) is 33.7 Å². The summed E-state index contributed by atoms with van der Waals surface area (Å²) in [4.78, 5) is 33.3. The van der Waals surface area contributed by atoms with Crippen LogP contribution in [0, 0.1) is 0 Å². The molecule has 0 bridgehead atoms. The lowest BCUT2D eigenvalue weighted by Gasteiger charge is -2.13. The van der Waals surface area contributed by atoms with Crippen molar-refractivity contribution in [3.05, 3.63) is 53.0 Å². The summed E-state index contributed by atoms with van der Waals surface area (Å²) in [6, 6.07) is 14.9. The van der Waals surface area contributed by atoms with Crippen molar-refractivity contribution in [1.29, 1.82) is 0 Å². The number of amides is 3. The molecular weight excluding hydrogens is 440 g/mol. The van der Waals surface area contributed by atoms with E-state index in [1.807, 2.05) is 48.5 Å². The van der Waals surface area contributed by atoms with E-state index in [1.165, 1.54) is 11.8 Å². The van der Waals surface area contributed by atoms with Gasteiger partial charge >= 0.3 is 6.03 Å². The highest BCUT2D eigenvalue weighted by atomic mass is 79.9. The number of para-hydroxylation sites is 1. The molecule has 0 saturated heterocycles. The van der Waals surface area contributed by atoms with Crippen LogP contribution in [0.4, 0.5) is 4.79 Å². The molecule has 0 aliphatic heterocycles. The number of benzene rings is 2. The summed E-state index contributed by atoms with van der Waals surface area (Å²) >= 11 is 4.73. The van der Waals surface area contributed by atoms with Crippen molar-refractivity contribution in [1.82, 2.24) is 20.6 Å². The largest absolute Gasteiger partial charge is 0.338 e. The van der Waals surface area contributed by atoms with Gasteiger partial charge in [-0.1, -0.05) is 58.0 Å². The lowest BCUT2D eigenvalue weighted by atomic mass is 10.2. The van der Waals surface area contributed by atoms with Gasteiger partial charge in [0.1, 0.15) is 5.03 Å². The van der Waals surface area contributed by atoms with Gasteiger partial charge in [-0.15, -0.1) is 0 Å². The minimum atomic E-state index is -0.501. The quantitative estimate of drug-likeness (QED) is 0.437. The Labute approximate surface area is 175 Å². The third-order valence-corrected chi connectivity index (χ3v) is 5.53. The summed E-state index contributed by atoms with van der Waals surface area (Å²) in [5.41, 5.74) is 1.68. The van der Waals surface area contributed by atoms with Crippen molar-refractivity contribution in [2.45, 2.75) is 24.1 Å². The standard InChI is InChI=1S/C20H19BrN4O2S/c1-3-22-20(27)25-18(26)12(2)28-19-15-6-4-5-7-16(15)23-17(24-19)13-8-10-14(21)11-9-13/h4-12H,3H2,1-2H3,(H2,22,25,26,27). The molecule has 0 aliphatic carbocycles. The first-order valence-electron chi connectivity index (χ1n) is 8.76. The van der Waals surface area contributed by atoms with Gasteiger partial charge in [-0.05, 0) is 32.0 Å². The molecule has 6 nitrogen and oxygen atoms in total. The average molecular weight is 459 g/mol. The van der Waals surface area contributed by atoms with E-state index in [-0.39, 0.29) is 5.91 Å². The maximum absolute atomic E-state index is 12.3. The first-order chi connectivity index (χ1) is 13.5. The number of hydrogen-bond donors (Lipinski definition) is 2. The highest BCUT2D eigenvalue weighted by Gasteiger charge is 2.20. The van der Waals surface area contributed by atoms with Crippen LogP contribution in [0.5, 0.6) is 0 Å². The zero-order valence-corrected chi connectivity index (χ0v) is 17.8. The lowest BCUT2D eigenvalue weighted by Crippen LogP contribution is -2.42. The first-order valence-corrected chi connectivity index (χ1v) is 10.4. The zero-order chi connectivity index (χ0) is 20.1. The number of halogens is 1. The molecule has 0 radical (unpaired) electrons. The second-order valence-corrected chi connectivity index (χ2v) is 8.23. The molecule has 8 heteroatoms. The topological polar surface area (TPSA) is 84.0 Å². The fourth-order valence-corrected chi connectivity index (χ4v) is 3.71. The summed E-state index contributed by atoms with van der Waals surface area (Å²) in [6.45, 7) is 3.99. The third kappa shape index (κ3) is 4.88. The predicted octanol–water partition coefficient (Wildman–Crippen LogP) is 4.39. The zero-order valence-electron chi connectivity index (χ0n) is 15.4. The fraction of sp³-hybridized carbons (Fsp3) is 0.200. The Hall–Kier alpha value is -2.45. The van der Waals surface area contributed by atoms with E-state index in [9.17, 15) is 9.59 Å². The predicted molar refractivity (Wildman–Crippen MR) is 115 cm³/mol. The number of nitrogens with zero attached hydrogens (tertiary/aromatic N) is 2. The summed E-state index contributed by atoms with van der Waals surface area (Å²) in [6.07, 6.45) is 0. The third-order valence-electron chi connectivity index (χ3n) is 3.90. The van der Waals surface area contributed by atoms with Crippen molar-refractivity contribution in [3.8, 4) is 11.4 Å². The molecule has 0 aliphatic rings.